The Kier molecular flexibility index (Phi) is 8.61. The lowest BCUT2D eigenvalue weighted by molar-refractivity contribution is 0.198. The summed E-state index contributed by atoms with van der Waals surface area (Å²) < 4.78 is 28.2. The van der Waals surface area contributed by atoms with Crippen LogP contribution in [0.5, 0.6) is 5.75 Å². The molecule has 0 unspecified atom stereocenters. The third-order valence-electron chi connectivity index (χ3n) is 5.71. The Labute approximate surface area is 209 Å². The summed E-state index contributed by atoms with van der Waals surface area (Å²) in [6.45, 7) is 0.413. The second-order valence-electron chi connectivity index (χ2n) is 8.39. The lowest BCUT2D eigenvalue weighted by atomic mass is 10.0. The van der Waals surface area contributed by atoms with Crippen LogP contribution in [0.25, 0.3) is 22.4 Å². The quantitative estimate of drug-likeness (QED) is 0.130. The molecule has 2 aromatic heterocycles. The average Bonchev–Trinajstić information content (AvgIpc) is 3.52. The molecule has 4 rings (SSSR count). The highest BCUT2D eigenvalue weighted by Crippen LogP contribution is 2.36. The van der Waals surface area contributed by atoms with Gasteiger partial charge in [-0.3, -0.25) is 9.20 Å². The molecule has 0 aliphatic heterocycles. The van der Waals surface area contributed by atoms with Crippen molar-refractivity contribution in [2.75, 3.05) is 19.1 Å². The number of aryl methyl sites for hydroxylation is 1. The molecule has 36 heavy (non-hydrogen) atoms. The summed E-state index contributed by atoms with van der Waals surface area (Å²) in [5, 5.41) is 0. The number of nitrogen functional groups attached to an aromatic ring is 1. The maximum Gasteiger partial charge on any atom is 0.469 e. The first-order valence-electron chi connectivity index (χ1n) is 11.8. The van der Waals surface area contributed by atoms with Crippen molar-refractivity contribution in [3.63, 3.8) is 0 Å². The summed E-state index contributed by atoms with van der Waals surface area (Å²) in [5.74, 6) is 7.20. The zero-order valence-corrected chi connectivity index (χ0v) is 20.7. The monoisotopic (exact) mass is 511 g/mol. The number of nitrogens with zero attached hydrogens (tertiary/aromatic N) is 2. The van der Waals surface area contributed by atoms with Crippen molar-refractivity contribution in [2.45, 2.75) is 32.1 Å². The molecule has 2 aromatic carbocycles. The molecule has 0 aliphatic rings. The molecular formula is C26H30N3O6P. The van der Waals surface area contributed by atoms with Crippen LogP contribution in [-0.4, -0.2) is 32.7 Å². The summed E-state index contributed by atoms with van der Waals surface area (Å²) >= 11 is 0. The lowest BCUT2D eigenvalue weighted by Crippen LogP contribution is -2.13. The largest absolute Gasteiger partial charge is 0.493 e. The first kappa shape index (κ1) is 25.7. The Hall–Kier alpha value is -3.36. The van der Waals surface area contributed by atoms with Crippen molar-refractivity contribution in [1.29, 1.82) is 0 Å². The van der Waals surface area contributed by atoms with Crippen LogP contribution in [0.3, 0.4) is 0 Å². The number of benzene rings is 2. The number of ether oxygens (including phenoxy) is 1. The molecule has 0 bridgehead atoms. The molecule has 0 spiro atoms. The first-order chi connectivity index (χ1) is 17.4. The lowest BCUT2D eigenvalue weighted by Gasteiger charge is -2.12. The fraction of sp³-hybridized carbons (Fsp3) is 0.269. The van der Waals surface area contributed by atoms with E-state index in [1.807, 2.05) is 30.3 Å². The van der Waals surface area contributed by atoms with Gasteiger partial charge in [-0.1, -0.05) is 30.3 Å². The van der Waals surface area contributed by atoms with Crippen molar-refractivity contribution in [3.05, 3.63) is 84.7 Å². The van der Waals surface area contributed by atoms with Crippen LogP contribution < -0.4 is 10.6 Å². The summed E-state index contributed by atoms with van der Waals surface area (Å²) in [6, 6.07) is 18.1. The van der Waals surface area contributed by atoms with Gasteiger partial charge in [-0.2, -0.15) is 0 Å². The predicted molar refractivity (Wildman–Crippen MR) is 137 cm³/mol. The van der Waals surface area contributed by atoms with Crippen molar-refractivity contribution in [1.82, 2.24) is 9.66 Å². The number of hydrogen-bond acceptors (Lipinski definition) is 6. The molecule has 9 nitrogen and oxygen atoms in total. The van der Waals surface area contributed by atoms with Crippen LogP contribution in [0.1, 0.15) is 30.7 Å². The molecule has 0 saturated heterocycles. The zero-order valence-electron chi connectivity index (χ0n) is 19.8. The highest BCUT2D eigenvalue weighted by Gasteiger charge is 2.16. The molecular weight excluding hydrogens is 481 g/mol. The van der Waals surface area contributed by atoms with E-state index in [9.17, 15) is 4.57 Å². The highest BCUT2D eigenvalue weighted by molar-refractivity contribution is 7.46. The van der Waals surface area contributed by atoms with Gasteiger partial charge in [0.1, 0.15) is 11.6 Å². The molecule has 0 amide bonds. The fourth-order valence-corrected chi connectivity index (χ4v) is 4.23. The molecule has 0 saturated carbocycles. The summed E-state index contributed by atoms with van der Waals surface area (Å²) in [5.41, 5.74) is 4.57. The molecule has 0 atom stereocenters. The number of imidazole rings is 1. The number of phosphoric acid groups is 1. The number of furan rings is 1. The normalized spacial score (nSPS) is 11.6. The van der Waals surface area contributed by atoms with Gasteiger partial charge in [-0.05, 0) is 55.5 Å². The van der Waals surface area contributed by atoms with Gasteiger partial charge >= 0.3 is 7.82 Å². The number of hydrogen-bond donors (Lipinski definition) is 3. The van der Waals surface area contributed by atoms with Crippen LogP contribution in [0.4, 0.5) is 0 Å². The van der Waals surface area contributed by atoms with Crippen LogP contribution in [-0.2, 0) is 21.9 Å². The van der Waals surface area contributed by atoms with E-state index in [0.717, 1.165) is 48.1 Å². The number of nitrogens with two attached hydrogens (primary N) is 1. The van der Waals surface area contributed by atoms with Gasteiger partial charge in [0.15, 0.2) is 0 Å². The van der Waals surface area contributed by atoms with Crippen LogP contribution >= 0.6 is 7.82 Å². The van der Waals surface area contributed by atoms with E-state index in [0.29, 0.717) is 18.1 Å². The van der Waals surface area contributed by atoms with E-state index in [1.165, 1.54) is 10.2 Å². The van der Waals surface area contributed by atoms with Crippen LogP contribution in [0.2, 0.25) is 0 Å². The third-order valence-corrected chi connectivity index (χ3v) is 6.23. The number of unbranched alkanes of at least 4 members (excludes halogenated alkanes) is 2. The maximum atomic E-state index is 10.9. The standard InChI is InChI=1S/C26H30N3O6P/c27-29-18-24(28-26(29)13-16-35-36(30,31)32)21-10-11-25(23(17-21)22-12-15-33-19-22)34-14-6-2-5-9-20-7-3-1-4-8-20/h1,3-4,7-8,10-12,15,17-19H,2,5-6,9,13-14,16,27H2,(H2,30,31,32). The Balaban J connectivity index is 1.40. The van der Waals surface area contributed by atoms with Crippen molar-refractivity contribution < 1.29 is 28.0 Å². The fourth-order valence-electron chi connectivity index (χ4n) is 3.91. The van der Waals surface area contributed by atoms with Crippen LogP contribution in [0, 0.1) is 0 Å². The van der Waals surface area contributed by atoms with Crippen molar-refractivity contribution in [2.24, 2.45) is 0 Å². The summed E-state index contributed by atoms with van der Waals surface area (Å²) in [7, 11) is -4.54. The van der Waals surface area contributed by atoms with Gasteiger partial charge in [-0.25, -0.2) is 9.55 Å². The van der Waals surface area contributed by atoms with Gasteiger partial charge in [0.25, 0.3) is 0 Å². The minimum absolute atomic E-state index is 0.154. The SMILES string of the molecule is Nn1cc(-c2ccc(OCCCCCc3ccccc3)c(-c3ccoc3)c2)nc1CCOP(=O)(O)O. The molecule has 10 heteroatoms. The molecule has 4 N–H and O–H groups in total. The predicted octanol–water partition coefficient (Wildman–Crippen LogP) is 4.97. The van der Waals surface area contributed by atoms with E-state index in [1.54, 1.807) is 18.7 Å². The smallest absolute Gasteiger partial charge is 0.469 e. The van der Waals surface area contributed by atoms with E-state index >= 15 is 0 Å². The molecule has 2 heterocycles. The second kappa shape index (κ2) is 12.1. The minimum atomic E-state index is -4.54. The molecule has 0 radical (unpaired) electrons. The summed E-state index contributed by atoms with van der Waals surface area (Å²) in [4.78, 5) is 22.2. The van der Waals surface area contributed by atoms with Gasteiger partial charge in [0.2, 0.25) is 0 Å². The average molecular weight is 512 g/mol. The van der Waals surface area contributed by atoms with E-state index in [4.69, 9.17) is 24.8 Å². The minimum Gasteiger partial charge on any atom is -0.493 e. The van der Waals surface area contributed by atoms with Crippen molar-refractivity contribution >= 4 is 7.82 Å². The Morgan fingerprint density at radius 3 is 2.56 bits per heavy atom. The Bertz CT molecular complexity index is 1280. The number of rotatable bonds is 13. The Morgan fingerprint density at radius 2 is 1.81 bits per heavy atom. The third kappa shape index (κ3) is 7.32. The second-order valence-corrected chi connectivity index (χ2v) is 9.63. The molecule has 190 valence electrons. The van der Waals surface area contributed by atoms with Gasteiger partial charge < -0.3 is 24.8 Å². The Morgan fingerprint density at radius 1 is 0.972 bits per heavy atom. The highest BCUT2D eigenvalue weighted by atomic mass is 31.2. The van der Waals surface area contributed by atoms with E-state index < -0.39 is 7.82 Å². The first-order valence-corrected chi connectivity index (χ1v) is 13.3. The van der Waals surface area contributed by atoms with Gasteiger partial charge in [-0.15, -0.1) is 0 Å². The van der Waals surface area contributed by atoms with E-state index in [2.05, 4.69) is 33.8 Å². The number of aromatic nitrogens is 2. The van der Waals surface area contributed by atoms with Gasteiger partial charge in [0.05, 0.1) is 37.6 Å². The van der Waals surface area contributed by atoms with Crippen molar-refractivity contribution in [3.8, 4) is 28.1 Å². The topological polar surface area (TPSA) is 133 Å². The van der Waals surface area contributed by atoms with E-state index in [-0.39, 0.29) is 13.0 Å². The van der Waals surface area contributed by atoms with Gasteiger partial charge in [0, 0.05) is 23.1 Å². The molecule has 0 fully saturated rings. The van der Waals surface area contributed by atoms with Crippen LogP contribution in [0.15, 0.2) is 77.7 Å². The number of phosphoric ester groups is 1. The molecule has 0 aliphatic carbocycles. The zero-order chi connectivity index (χ0) is 25.4. The molecule has 4 aromatic rings. The summed E-state index contributed by atoms with van der Waals surface area (Å²) in [6.07, 6.45) is 9.31. The maximum absolute atomic E-state index is 10.9.